The minimum atomic E-state index is 0.377. The van der Waals surface area contributed by atoms with Gasteiger partial charge in [0.25, 0.3) is 0 Å². The van der Waals surface area contributed by atoms with Crippen molar-refractivity contribution in [3.8, 4) is 5.69 Å². The second-order valence-corrected chi connectivity index (χ2v) is 4.82. The molecule has 0 amide bonds. The monoisotopic (exact) mass is 256 g/mol. The van der Waals surface area contributed by atoms with E-state index in [4.69, 9.17) is 0 Å². The van der Waals surface area contributed by atoms with Crippen molar-refractivity contribution < 1.29 is 4.79 Å². The number of nitrogens with zero attached hydrogens (tertiary/aromatic N) is 4. The van der Waals surface area contributed by atoms with Gasteiger partial charge in [-0.05, 0) is 12.1 Å². The van der Waals surface area contributed by atoms with E-state index in [9.17, 15) is 4.79 Å². The summed E-state index contributed by atoms with van der Waals surface area (Å²) < 4.78 is 1.83. The molecule has 0 spiro atoms. The van der Waals surface area contributed by atoms with Crippen LogP contribution in [0.25, 0.3) is 5.69 Å². The smallest absolute Gasteiger partial charge is 0.135 e. The Bertz CT molecular complexity index is 554. The fourth-order valence-corrected chi connectivity index (χ4v) is 2.29. The molecule has 0 radical (unpaired) electrons. The lowest BCUT2D eigenvalue weighted by molar-refractivity contribution is -0.121. The number of aromatic nitrogens is 3. The van der Waals surface area contributed by atoms with E-state index in [1.165, 1.54) is 5.56 Å². The SMILES string of the molecule is O=C1CCN(Cc2cnn(-c3cccnc3)c2)CC1. The highest BCUT2D eigenvalue weighted by molar-refractivity contribution is 5.79. The van der Waals surface area contributed by atoms with Crippen LogP contribution in [-0.2, 0) is 11.3 Å². The van der Waals surface area contributed by atoms with Gasteiger partial charge in [-0.25, -0.2) is 4.68 Å². The first-order chi connectivity index (χ1) is 9.31. The molecule has 2 aromatic heterocycles. The zero-order valence-electron chi connectivity index (χ0n) is 10.7. The van der Waals surface area contributed by atoms with Gasteiger partial charge >= 0.3 is 0 Å². The van der Waals surface area contributed by atoms with Gasteiger partial charge in [0.05, 0.1) is 18.1 Å². The molecule has 1 aliphatic rings. The maximum atomic E-state index is 11.2. The van der Waals surface area contributed by atoms with Crippen molar-refractivity contribution in [2.24, 2.45) is 0 Å². The van der Waals surface area contributed by atoms with E-state index < -0.39 is 0 Å². The van der Waals surface area contributed by atoms with E-state index in [0.29, 0.717) is 18.6 Å². The number of hydrogen-bond acceptors (Lipinski definition) is 4. The molecule has 3 heterocycles. The third kappa shape index (κ3) is 2.88. The van der Waals surface area contributed by atoms with Gasteiger partial charge in [-0.15, -0.1) is 0 Å². The van der Waals surface area contributed by atoms with Crippen molar-refractivity contribution in [3.63, 3.8) is 0 Å². The summed E-state index contributed by atoms with van der Waals surface area (Å²) in [6.07, 6.45) is 8.79. The highest BCUT2D eigenvalue weighted by atomic mass is 16.1. The van der Waals surface area contributed by atoms with Crippen LogP contribution in [-0.4, -0.2) is 38.5 Å². The van der Waals surface area contributed by atoms with E-state index in [1.54, 1.807) is 12.4 Å². The summed E-state index contributed by atoms with van der Waals surface area (Å²) in [6.45, 7) is 2.57. The summed E-state index contributed by atoms with van der Waals surface area (Å²) in [6, 6.07) is 3.87. The second kappa shape index (κ2) is 5.32. The first-order valence-corrected chi connectivity index (χ1v) is 6.49. The molecule has 5 nitrogen and oxygen atoms in total. The maximum absolute atomic E-state index is 11.2. The Kier molecular flexibility index (Phi) is 3.37. The Morgan fingerprint density at radius 1 is 1.21 bits per heavy atom. The van der Waals surface area contributed by atoms with Crippen LogP contribution < -0.4 is 0 Å². The molecule has 0 aromatic carbocycles. The quantitative estimate of drug-likeness (QED) is 0.833. The molecule has 0 N–H and O–H groups in total. The number of hydrogen-bond donors (Lipinski definition) is 0. The lowest BCUT2D eigenvalue weighted by atomic mass is 10.1. The van der Waals surface area contributed by atoms with Crippen molar-refractivity contribution in [1.29, 1.82) is 0 Å². The standard InChI is InChI=1S/C14H16N4O/c19-14-3-6-17(7-4-14)10-12-8-16-18(11-12)13-2-1-5-15-9-13/h1-2,5,8-9,11H,3-4,6-7,10H2. The van der Waals surface area contributed by atoms with Gasteiger partial charge < -0.3 is 0 Å². The van der Waals surface area contributed by atoms with Gasteiger partial charge in [-0.3, -0.25) is 14.7 Å². The van der Waals surface area contributed by atoms with Crippen molar-refractivity contribution in [3.05, 3.63) is 42.5 Å². The zero-order chi connectivity index (χ0) is 13.1. The number of carbonyl (C=O) groups excluding carboxylic acids is 1. The largest absolute Gasteiger partial charge is 0.300 e. The zero-order valence-corrected chi connectivity index (χ0v) is 10.7. The van der Waals surface area contributed by atoms with Crippen LogP contribution in [0.1, 0.15) is 18.4 Å². The van der Waals surface area contributed by atoms with Gasteiger partial charge in [0.2, 0.25) is 0 Å². The van der Waals surface area contributed by atoms with Crippen LogP contribution >= 0.6 is 0 Å². The van der Waals surface area contributed by atoms with Gasteiger partial charge in [-0.2, -0.15) is 5.10 Å². The fraction of sp³-hybridized carbons (Fsp3) is 0.357. The summed E-state index contributed by atoms with van der Waals surface area (Å²) >= 11 is 0. The Morgan fingerprint density at radius 2 is 2.05 bits per heavy atom. The number of rotatable bonds is 3. The third-order valence-electron chi connectivity index (χ3n) is 3.37. The molecule has 2 aromatic rings. The molecule has 0 saturated carbocycles. The van der Waals surface area contributed by atoms with Crippen molar-refractivity contribution in [2.45, 2.75) is 19.4 Å². The van der Waals surface area contributed by atoms with Gasteiger partial charge in [-0.1, -0.05) is 0 Å². The number of likely N-dealkylation sites (tertiary alicyclic amines) is 1. The van der Waals surface area contributed by atoms with E-state index in [2.05, 4.69) is 15.0 Å². The van der Waals surface area contributed by atoms with Crippen LogP contribution in [0.15, 0.2) is 36.9 Å². The van der Waals surface area contributed by atoms with Crippen LogP contribution in [0.3, 0.4) is 0 Å². The average Bonchev–Trinajstić information content (AvgIpc) is 2.91. The summed E-state index contributed by atoms with van der Waals surface area (Å²) in [7, 11) is 0. The third-order valence-corrected chi connectivity index (χ3v) is 3.37. The molecule has 0 atom stereocenters. The minimum Gasteiger partial charge on any atom is -0.300 e. The summed E-state index contributed by atoms with van der Waals surface area (Å²) in [4.78, 5) is 17.6. The molecule has 1 saturated heterocycles. The van der Waals surface area contributed by atoms with Crippen LogP contribution in [0.5, 0.6) is 0 Å². The fourth-order valence-electron chi connectivity index (χ4n) is 2.29. The molecule has 1 fully saturated rings. The number of carbonyl (C=O) groups is 1. The summed E-state index contributed by atoms with van der Waals surface area (Å²) in [5, 5.41) is 4.35. The molecule has 0 bridgehead atoms. The lowest BCUT2D eigenvalue weighted by Crippen LogP contribution is -2.33. The Balaban J connectivity index is 1.67. The molecule has 0 unspecified atom stereocenters. The highest BCUT2D eigenvalue weighted by Gasteiger charge is 2.16. The van der Waals surface area contributed by atoms with E-state index >= 15 is 0 Å². The van der Waals surface area contributed by atoms with Crippen LogP contribution in [0, 0.1) is 0 Å². The van der Waals surface area contributed by atoms with Crippen molar-refractivity contribution >= 4 is 5.78 Å². The van der Waals surface area contributed by atoms with Crippen molar-refractivity contribution in [1.82, 2.24) is 19.7 Å². The minimum absolute atomic E-state index is 0.377. The maximum Gasteiger partial charge on any atom is 0.135 e. The molecule has 3 rings (SSSR count). The number of piperidine rings is 1. The first kappa shape index (κ1) is 12.0. The second-order valence-electron chi connectivity index (χ2n) is 4.82. The molecule has 5 heteroatoms. The van der Waals surface area contributed by atoms with Gasteiger partial charge in [0, 0.05) is 50.4 Å². The van der Waals surface area contributed by atoms with Gasteiger partial charge in [0.15, 0.2) is 0 Å². The summed E-state index contributed by atoms with van der Waals surface area (Å²) in [5.41, 5.74) is 2.13. The Morgan fingerprint density at radius 3 is 2.79 bits per heavy atom. The average molecular weight is 256 g/mol. The molecule has 1 aliphatic heterocycles. The normalized spacial score (nSPS) is 16.7. The topological polar surface area (TPSA) is 51.0 Å². The highest BCUT2D eigenvalue weighted by Crippen LogP contribution is 2.12. The molecule has 19 heavy (non-hydrogen) atoms. The molecular formula is C14H16N4O. The molecule has 98 valence electrons. The predicted molar refractivity (Wildman–Crippen MR) is 70.9 cm³/mol. The first-order valence-electron chi connectivity index (χ1n) is 6.49. The Labute approximate surface area is 111 Å². The molecular weight excluding hydrogens is 240 g/mol. The van der Waals surface area contributed by atoms with E-state index in [-0.39, 0.29) is 0 Å². The van der Waals surface area contributed by atoms with Gasteiger partial charge in [0.1, 0.15) is 5.78 Å². The number of pyridine rings is 1. The lowest BCUT2D eigenvalue weighted by Gasteiger charge is -2.24. The van der Waals surface area contributed by atoms with Crippen molar-refractivity contribution in [2.75, 3.05) is 13.1 Å². The van der Waals surface area contributed by atoms with E-state index in [1.807, 2.05) is 29.2 Å². The van der Waals surface area contributed by atoms with Crippen LogP contribution in [0.2, 0.25) is 0 Å². The Hall–Kier alpha value is -2.01. The number of Topliss-reactive ketones (excluding diaryl/α,β-unsaturated/α-hetero) is 1. The predicted octanol–water partition coefficient (Wildman–Crippen LogP) is 1.43. The molecule has 0 aliphatic carbocycles. The number of ketones is 1. The van der Waals surface area contributed by atoms with Crippen LogP contribution in [0.4, 0.5) is 0 Å². The summed E-state index contributed by atoms with van der Waals surface area (Å²) in [5.74, 6) is 0.377. The van der Waals surface area contributed by atoms with E-state index in [0.717, 1.165) is 25.3 Å².